The monoisotopic (exact) mass is 433 g/mol. The molecular weight excluding hydrogens is 410 g/mol. The molecule has 0 bridgehead atoms. The minimum absolute atomic E-state index is 0.129. The second-order valence-corrected chi connectivity index (χ2v) is 7.68. The van der Waals surface area contributed by atoms with E-state index in [-0.39, 0.29) is 17.9 Å². The molecule has 1 fully saturated rings. The van der Waals surface area contributed by atoms with Crippen LogP contribution in [0.25, 0.3) is 11.6 Å². The van der Waals surface area contributed by atoms with E-state index < -0.39 is 0 Å². The molecule has 0 spiro atoms. The van der Waals surface area contributed by atoms with E-state index in [1.807, 2.05) is 6.07 Å². The van der Waals surface area contributed by atoms with Gasteiger partial charge in [0.2, 0.25) is 0 Å². The molecule has 3 aromatic rings. The molecule has 1 aromatic carbocycles. The Morgan fingerprint density at radius 2 is 1.66 bits per heavy atom. The number of anilines is 1. The molecule has 9 nitrogen and oxygen atoms in total. The van der Waals surface area contributed by atoms with Crippen molar-refractivity contribution in [3.63, 3.8) is 0 Å². The van der Waals surface area contributed by atoms with Gasteiger partial charge in [-0.2, -0.15) is 0 Å². The van der Waals surface area contributed by atoms with Gasteiger partial charge in [0, 0.05) is 37.4 Å². The molecule has 9 heteroatoms. The maximum atomic E-state index is 13.7. The predicted molar refractivity (Wildman–Crippen MR) is 116 cm³/mol. The average Bonchev–Trinajstić information content (AvgIpc) is 3.15. The van der Waals surface area contributed by atoms with Crippen LogP contribution in [-0.2, 0) is 4.74 Å². The minimum atomic E-state index is -0.194. The lowest BCUT2D eigenvalue weighted by Crippen LogP contribution is -2.35. The molecule has 2 aromatic heterocycles. The van der Waals surface area contributed by atoms with Gasteiger partial charge < -0.3 is 14.2 Å². The number of nitrogens with zero attached hydrogens (tertiary/aromatic N) is 5. The first kappa shape index (κ1) is 20.3. The third kappa shape index (κ3) is 3.44. The zero-order valence-electron chi connectivity index (χ0n) is 17.9. The van der Waals surface area contributed by atoms with Crippen LogP contribution in [0.3, 0.4) is 0 Å². The molecule has 5 rings (SSSR count). The molecule has 32 heavy (non-hydrogen) atoms. The molecule has 2 aliphatic rings. The highest BCUT2D eigenvalue weighted by Crippen LogP contribution is 2.47. The molecule has 0 unspecified atom stereocenters. The fourth-order valence-corrected chi connectivity index (χ4v) is 4.47. The Balaban J connectivity index is 1.63. The SMILES string of the molecule is COc1cc2c(cc1OC)[C@@H](C1CCOCC1)N(c1ccnc(-c3ncccn3)n1)C2=O. The lowest BCUT2D eigenvalue weighted by molar-refractivity contribution is 0.0571. The first-order valence-electron chi connectivity index (χ1n) is 10.5. The van der Waals surface area contributed by atoms with Crippen molar-refractivity contribution in [1.29, 1.82) is 0 Å². The Morgan fingerprint density at radius 3 is 2.38 bits per heavy atom. The zero-order valence-corrected chi connectivity index (χ0v) is 17.9. The molecule has 0 N–H and O–H groups in total. The van der Waals surface area contributed by atoms with Gasteiger partial charge in [0.05, 0.1) is 20.3 Å². The van der Waals surface area contributed by atoms with E-state index in [0.29, 0.717) is 47.7 Å². The van der Waals surface area contributed by atoms with Gasteiger partial charge >= 0.3 is 0 Å². The van der Waals surface area contributed by atoms with Gasteiger partial charge in [-0.05, 0) is 48.6 Å². The predicted octanol–water partition coefficient (Wildman–Crippen LogP) is 3.08. The highest BCUT2D eigenvalue weighted by atomic mass is 16.5. The minimum Gasteiger partial charge on any atom is -0.493 e. The number of fused-ring (bicyclic) bond motifs is 1. The number of methoxy groups -OCH3 is 2. The normalized spacial score (nSPS) is 18.5. The Morgan fingerprint density at radius 1 is 0.969 bits per heavy atom. The maximum absolute atomic E-state index is 13.7. The largest absolute Gasteiger partial charge is 0.493 e. The molecule has 1 amide bonds. The zero-order chi connectivity index (χ0) is 22.1. The fourth-order valence-electron chi connectivity index (χ4n) is 4.47. The highest BCUT2D eigenvalue weighted by Gasteiger charge is 2.44. The van der Waals surface area contributed by atoms with Gasteiger partial charge in [-0.15, -0.1) is 0 Å². The maximum Gasteiger partial charge on any atom is 0.260 e. The third-order valence-corrected chi connectivity index (χ3v) is 5.97. The lowest BCUT2D eigenvalue weighted by atomic mass is 9.86. The van der Waals surface area contributed by atoms with E-state index in [2.05, 4.69) is 19.9 Å². The summed E-state index contributed by atoms with van der Waals surface area (Å²) in [5, 5.41) is 0. The topological polar surface area (TPSA) is 99.6 Å². The van der Waals surface area contributed by atoms with Crippen LogP contribution in [0, 0.1) is 5.92 Å². The molecular formula is C23H23N5O4. The van der Waals surface area contributed by atoms with Gasteiger partial charge in [-0.1, -0.05) is 0 Å². The van der Waals surface area contributed by atoms with Crippen molar-refractivity contribution in [3.8, 4) is 23.1 Å². The van der Waals surface area contributed by atoms with Gasteiger partial charge in [0.1, 0.15) is 5.82 Å². The summed E-state index contributed by atoms with van der Waals surface area (Å²) >= 11 is 0. The molecule has 1 atom stereocenters. The second-order valence-electron chi connectivity index (χ2n) is 7.68. The number of carbonyl (C=O) groups excluding carboxylic acids is 1. The number of hydrogen-bond donors (Lipinski definition) is 0. The Hall–Kier alpha value is -3.59. The van der Waals surface area contributed by atoms with Crippen molar-refractivity contribution >= 4 is 11.7 Å². The molecule has 0 saturated carbocycles. The number of rotatable bonds is 5. The van der Waals surface area contributed by atoms with Crippen molar-refractivity contribution in [3.05, 3.63) is 54.0 Å². The summed E-state index contributed by atoms with van der Waals surface area (Å²) in [6, 6.07) is 6.95. The Kier molecular flexibility index (Phi) is 5.40. The van der Waals surface area contributed by atoms with Crippen molar-refractivity contribution < 1.29 is 19.0 Å². The summed E-state index contributed by atoms with van der Waals surface area (Å²) in [4.78, 5) is 32.9. The lowest BCUT2D eigenvalue weighted by Gasteiger charge is -2.34. The summed E-state index contributed by atoms with van der Waals surface area (Å²) in [5.74, 6) is 2.50. The van der Waals surface area contributed by atoms with Gasteiger partial charge in [0.15, 0.2) is 23.1 Å². The summed E-state index contributed by atoms with van der Waals surface area (Å²) in [6.45, 7) is 1.33. The number of hydrogen-bond acceptors (Lipinski definition) is 8. The molecule has 1 saturated heterocycles. The van der Waals surface area contributed by atoms with Gasteiger partial charge in [-0.25, -0.2) is 19.9 Å². The Bertz CT molecular complexity index is 1130. The standard InChI is InChI=1S/C23H23N5O4/c1-30-17-12-15-16(13-18(17)31-2)23(29)28(20(15)14-5-10-32-11-6-14)19-4-9-26-22(27-19)21-24-7-3-8-25-21/h3-4,7-9,12-14,20H,5-6,10-11H2,1-2H3/t20-/m1/s1. The summed E-state index contributed by atoms with van der Waals surface area (Å²) in [7, 11) is 3.16. The van der Waals surface area contributed by atoms with E-state index in [1.54, 1.807) is 55.9 Å². The first-order chi connectivity index (χ1) is 15.7. The highest BCUT2D eigenvalue weighted by molar-refractivity contribution is 6.11. The van der Waals surface area contributed by atoms with E-state index >= 15 is 0 Å². The molecule has 0 radical (unpaired) electrons. The van der Waals surface area contributed by atoms with E-state index in [0.717, 1.165) is 18.4 Å². The summed E-state index contributed by atoms with van der Waals surface area (Å²) < 4.78 is 16.6. The number of amides is 1. The van der Waals surface area contributed by atoms with E-state index in [9.17, 15) is 4.79 Å². The van der Waals surface area contributed by atoms with Crippen molar-refractivity contribution in [1.82, 2.24) is 19.9 Å². The van der Waals surface area contributed by atoms with Gasteiger partial charge in [-0.3, -0.25) is 9.69 Å². The first-order valence-corrected chi connectivity index (χ1v) is 10.5. The van der Waals surface area contributed by atoms with E-state index in [1.165, 1.54) is 0 Å². The summed E-state index contributed by atoms with van der Waals surface area (Å²) in [6.07, 6.45) is 6.60. The average molecular weight is 433 g/mol. The number of ether oxygens (including phenoxy) is 3. The molecule has 0 aliphatic carbocycles. The summed E-state index contributed by atoms with van der Waals surface area (Å²) in [5.41, 5.74) is 1.51. The van der Waals surface area contributed by atoms with Crippen LogP contribution in [0.5, 0.6) is 11.5 Å². The number of aromatic nitrogens is 4. The molecule has 164 valence electrons. The van der Waals surface area contributed by atoms with Crippen LogP contribution in [0.1, 0.15) is 34.8 Å². The van der Waals surface area contributed by atoms with Crippen LogP contribution in [0.15, 0.2) is 42.9 Å². The van der Waals surface area contributed by atoms with Crippen molar-refractivity contribution in [2.45, 2.75) is 18.9 Å². The Labute approximate surface area is 185 Å². The van der Waals surface area contributed by atoms with Crippen LogP contribution < -0.4 is 14.4 Å². The second kappa shape index (κ2) is 8.51. The molecule has 2 aliphatic heterocycles. The van der Waals surface area contributed by atoms with Crippen molar-refractivity contribution in [2.24, 2.45) is 5.92 Å². The smallest absolute Gasteiger partial charge is 0.260 e. The van der Waals surface area contributed by atoms with Crippen LogP contribution in [-0.4, -0.2) is 53.3 Å². The van der Waals surface area contributed by atoms with Crippen LogP contribution in [0.2, 0.25) is 0 Å². The van der Waals surface area contributed by atoms with Crippen LogP contribution in [0.4, 0.5) is 5.82 Å². The fraction of sp³-hybridized carbons (Fsp3) is 0.348. The third-order valence-electron chi connectivity index (χ3n) is 5.97. The van der Waals surface area contributed by atoms with Crippen molar-refractivity contribution in [2.75, 3.05) is 32.3 Å². The number of carbonyl (C=O) groups is 1. The van der Waals surface area contributed by atoms with Gasteiger partial charge in [0.25, 0.3) is 5.91 Å². The van der Waals surface area contributed by atoms with Crippen LogP contribution >= 0.6 is 0 Å². The number of benzene rings is 1. The quantitative estimate of drug-likeness (QED) is 0.605. The van der Waals surface area contributed by atoms with E-state index in [4.69, 9.17) is 14.2 Å². The molecule has 4 heterocycles.